The van der Waals surface area contributed by atoms with Gasteiger partial charge in [0.15, 0.2) is 5.82 Å². The fraction of sp³-hybridized carbons (Fsp3) is 0.0769. The molecule has 0 bridgehead atoms. The van der Waals surface area contributed by atoms with Crippen molar-refractivity contribution in [2.75, 3.05) is 0 Å². The normalized spacial score (nSPS) is 10.9. The largest absolute Gasteiger partial charge is 0.228 e. The van der Waals surface area contributed by atoms with Crippen LogP contribution in [0.1, 0.15) is 5.56 Å². The van der Waals surface area contributed by atoms with Crippen molar-refractivity contribution >= 4 is 33.5 Å². The minimum Gasteiger partial charge on any atom is -0.228 e. The first-order valence-electron chi connectivity index (χ1n) is 5.31. The van der Waals surface area contributed by atoms with Crippen molar-refractivity contribution < 1.29 is 0 Å². The number of hydrogen-bond donors (Lipinski definition) is 0. The quantitative estimate of drug-likeness (QED) is 0.639. The smallest absolute Gasteiger partial charge is 0.156 e. The molecule has 2 heterocycles. The van der Waals surface area contributed by atoms with Gasteiger partial charge >= 0.3 is 0 Å². The van der Waals surface area contributed by atoms with Crippen LogP contribution in [-0.2, 0) is 0 Å². The molecule has 17 heavy (non-hydrogen) atoms. The summed E-state index contributed by atoms with van der Waals surface area (Å²) in [6, 6.07) is 10.3. The van der Waals surface area contributed by atoms with E-state index in [4.69, 9.17) is 0 Å². The minimum atomic E-state index is 0.895. The summed E-state index contributed by atoms with van der Waals surface area (Å²) in [5, 5.41) is 5.46. The van der Waals surface area contributed by atoms with Crippen LogP contribution in [0.25, 0.3) is 16.7 Å². The number of benzene rings is 1. The van der Waals surface area contributed by atoms with Crippen molar-refractivity contribution in [3.63, 3.8) is 0 Å². The van der Waals surface area contributed by atoms with Crippen molar-refractivity contribution in [1.82, 2.24) is 14.8 Å². The van der Waals surface area contributed by atoms with E-state index in [1.165, 1.54) is 0 Å². The first kappa shape index (κ1) is 10.7. The number of fused-ring (bicyclic) bond motifs is 1. The lowest BCUT2D eigenvalue weighted by molar-refractivity contribution is 0.844. The Morgan fingerprint density at radius 3 is 2.82 bits per heavy atom. The molecule has 0 saturated heterocycles. The molecule has 3 rings (SSSR count). The van der Waals surface area contributed by atoms with Gasteiger partial charge in [0.2, 0.25) is 0 Å². The number of rotatable bonds is 1. The summed E-state index contributed by atoms with van der Waals surface area (Å²) in [6.07, 6.45) is 3.81. The number of aromatic nitrogens is 3. The molecule has 0 aliphatic heterocycles. The fourth-order valence-electron chi connectivity index (χ4n) is 1.86. The molecule has 0 unspecified atom stereocenters. The van der Waals surface area contributed by atoms with Crippen LogP contribution >= 0.6 is 22.6 Å². The van der Waals surface area contributed by atoms with E-state index in [0.717, 1.165) is 25.9 Å². The molecule has 3 aromatic rings. The Labute approximate surface area is 113 Å². The van der Waals surface area contributed by atoms with E-state index in [-0.39, 0.29) is 0 Å². The lowest BCUT2D eigenvalue weighted by atomic mass is 10.1. The molecule has 2 aromatic heterocycles. The zero-order valence-corrected chi connectivity index (χ0v) is 11.4. The van der Waals surface area contributed by atoms with E-state index in [9.17, 15) is 0 Å². The third-order valence-corrected chi connectivity index (χ3v) is 3.21. The number of hydrogen-bond acceptors (Lipinski definition) is 2. The molecule has 0 aliphatic rings. The number of pyridine rings is 1. The molecule has 0 N–H and O–H groups in total. The van der Waals surface area contributed by atoms with Gasteiger partial charge in [0, 0.05) is 11.6 Å². The van der Waals surface area contributed by atoms with E-state index in [2.05, 4.69) is 51.7 Å². The van der Waals surface area contributed by atoms with E-state index >= 15 is 0 Å². The van der Waals surface area contributed by atoms with Crippen molar-refractivity contribution in [3.8, 4) is 5.82 Å². The maximum absolute atomic E-state index is 4.66. The number of aryl methyl sites for hydroxylation is 1. The topological polar surface area (TPSA) is 30.7 Å². The van der Waals surface area contributed by atoms with Gasteiger partial charge in [0.05, 0.1) is 15.3 Å². The van der Waals surface area contributed by atoms with Crippen LogP contribution < -0.4 is 0 Å². The van der Waals surface area contributed by atoms with Gasteiger partial charge in [0.25, 0.3) is 0 Å². The SMILES string of the molecule is Cc1cc2ccccc2nc1-n1cc(I)cn1. The number of para-hydroxylation sites is 1. The molecule has 1 aromatic carbocycles. The monoisotopic (exact) mass is 335 g/mol. The second-order valence-corrected chi connectivity index (χ2v) is 5.17. The molecule has 0 aliphatic carbocycles. The Balaban J connectivity index is 2.26. The summed E-state index contributed by atoms with van der Waals surface area (Å²) in [5.41, 5.74) is 2.13. The van der Waals surface area contributed by atoms with Gasteiger partial charge in [0.1, 0.15) is 0 Å². The van der Waals surface area contributed by atoms with Crippen molar-refractivity contribution in [2.45, 2.75) is 6.92 Å². The molecule has 0 fully saturated rings. The molecule has 0 amide bonds. The first-order valence-corrected chi connectivity index (χ1v) is 6.39. The summed E-state index contributed by atoms with van der Waals surface area (Å²) in [6.45, 7) is 2.06. The zero-order chi connectivity index (χ0) is 11.8. The zero-order valence-electron chi connectivity index (χ0n) is 9.26. The highest BCUT2D eigenvalue weighted by molar-refractivity contribution is 14.1. The van der Waals surface area contributed by atoms with Gasteiger partial charge < -0.3 is 0 Å². The molecule has 3 nitrogen and oxygen atoms in total. The van der Waals surface area contributed by atoms with Crippen LogP contribution in [0.15, 0.2) is 42.7 Å². The predicted octanol–water partition coefficient (Wildman–Crippen LogP) is 3.33. The second-order valence-electron chi connectivity index (χ2n) is 3.92. The number of halogens is 1. The van der Waals surface area contributed by atoms with E-state index in [1.807, 2.05) is 35.3 Å². The van der Waals surface area contributed by atoms with Crippen LogP contribution in [0.5, 0.6) is 0 Å². The minimum absolute atomic E-state index is 0.895. The summed E-state index contributed by atoms with van der Waals surface area (Å²) in [5.74, 6) is 0.895. The molecule has 0 saturated carbocycles. The molecule has 0 spiro atoms. The van der Waals surface area contributed by atoms with Gasteiger partial charge in [-0.25, -0.2) is 9.67 Å². The Kier molecular flexibility index (Phi) is 2.58. The van der Waals surface area contributed by atoms with Gasteiger partial charge in [-0.05, 0) is 47.2 Å². The summed E-state index contributed by atoms with van der Waals surface area (Å²) >= 11 is 2.25. The first-order chi connectivity index (χ1) is 8.24. The van der Waals surface area contributed by atoms with E-state index in [1.54, 1.807) is 0 Å². The van der Waals surface area contributed by atoms with E-state index in [0.29, 0.717) is 0 Å². The van der Waals surface area contributed by atoms with Crippen LogP contribution in [0.4, 0.5) is 0 Å². The van der Waals surface area contributed by atoms with Gasteiger partial charge in [-0.3, -0.25) is 0 Å². The number of nitrogens with zero attached hydrogens (tertiary/aromatic N) is 3. The molecule has 84 valence electrons. The molecular formula is C13H10IN3. The summed E-state index contributed by atoms with van der Waals surface area (Å²) < 4.78 is 2.93. The van der Waals surface area contributed by atoms with Crippen molar-refractivity contribution in [1.29, 1.82) is 0 Å². The standard InChI is InChI=1S/C13H10IN3/c1-9-6-10-4-2-3-5-12(10)16-13(9)17-8-11(14)7-15-17/h2-8H,1H3. The lowest BCUT2D eigenvalue weighted by Crippen LogP contribution is -2.01. The lowest BCUT2D eigenvalue weighted by Gasteiger charge is -2.06. The van der Waals surface area contributed by atoms with Gasteiger partial charge in [-0.1, -0.05) is 18.2 Å². The second kappa shape index (κ2) is 4.10. The highest BCUT2D eigenvalue weighted by atomic mass is 127. The molecular weight excluding hydrogens is 325 g/mol. The summed E-state index contributed by atoms with van der Waals surface area (Å²) in [7, 11) is 0. The average molecular weight is 335 g/mol. The molecule has 0 atom stereocenters. The van der Waals surface area contributed by atoms with E-state index < -0.39 is 0 Å². The van der Waals surface area contributed by atoms with Crippen LogP contribution in [-0.4, -0.2) is 14.8 Å². The highest BCUT2D eigenvalue weighted by Crippen LogP contribution is 2.19. The fourth-order valence-corrected chi connectivity index (χ4v) is 2.25. The Morgan fingerprint density at radius 2 is 2.06 bits per heavy atom. The molecule has 4 heteroatoms. The third-order valence-electron chi connectivity index (χ3n) is 2.66. The van der Waals surface area contributed by atoms with Crippen LogP contribution in [0.2, 0.25) is 0 Å². The summed E-state index contributed by atoms with van der Waals surface area (Å²) in [4.78, 5) is 4.66. The third kappa shape index (κ3) is 1.93. The van der Waals surface area contributed by atoms with Crippen LogP contribution in [0.3, 0.4) is 0 Å². The predicted molar refractivity (Wildman–Crippen MR) is 76.3 cm³/mol. The van der Waals surface area contributed by atoms with Gasteiger partial charge in [-0.15, -0.1) is 0 Å². The highest BCUT2D eigenvalue weighted by Gasteiger charge is 2.06. The maximum Gasteiger partial charge on any atom is 0.156 e. The Bertz CT molecular complexity index is 688. The van der Waals surface area contributed by atoms with Gasteiger partial charge in [-0.2, -0.15) is 5.10 Å². The van der Waals surface area contributed by atoms with Crippen LogP contribution in [0, 0.1) is 10.5 Å². The van der Waals surface area contributed by atoms with Crippen molar-refractivity contribution in [3.05, 3.63) is 51.9 Å². The Hall–Kier alpha value is -1.43. The Morgan fingerprint density at radius 1 is 1.24 bits per heavy atom. The maximum atomic E-state index is 4.66. The average Bonchev–Trinajstić information content (AvgIpc) is 2.75. The molecule has 0 radical (unpaired) electrons. The van der Waals surface area contributed by atoms with Crippen molar-refractivity contribution in [2.24, 2.45) is 0 Å².